The van der Waals surface area contributed by atoms with Crippen LogP contribution >= 0.6 is 11.8 Å². The van der Waals surface area contributed by atoms with Crippen molar-refractivity contribution in [1.29, 1.82) is 0 Å². The Kier molecular flexibility index (Phi) is 8.25. The molecule has 0 spiro atoms. The van der Waals surface area contributed by atoms with Crippen LogP contribution in [0.4, 0.5) is 0 Å². The number of nitrogens with zero attached hydrogens (tertiary/aromatic N) is 4. The molecule has 0 saturated heterocycles. The maximum absolute atomic E-state index is 6.56. The summed E-state index contributed by atoms with van der Waals surface area (Å²) in [5.41, 5.74) is 4.77. The molecule has 4 aromatic heterocycles. The fourth-order valence-corrected chi connectivity index (χ4v) is 16.2. The Balaban J connectivity index is 0.00000385. The largest absolute Gasteiger partial charge is 2.00 e. The van der Waals surface area contributed by atoms with Crippen LogP contribution in [0.15, 0.2) is 192 Å². The van der Waals surface area contributed by atoms with E-state index in [2.05, 4.69) is 161 Å². The average Bonchev–Trinajstić information content (AvgIpc) is 3.91. The molecule has 0 saturated carbocycles. The zero-order valence-electron chi connectivity index (χ0n) is 30.7. The summed E-state index contributed by atoms with van der Waals surface area (Å²) in [4.78, 5) is 12.3. The summed E-state index contributed by atoms with van der Waals surface area (Å²) >= 11 is 1.88. The van der Waals surface area contributed by atoms with Crippen molar-refractivity contribution in [3.63, 3.8) is 0 Å². The van der Waals surface area contributed by atoms with Gasteiger partial charge in [-0.1, -0.05) is 137 Å². The summed E-state index contributed by atoms with van der Waals surface area (Å²) in [6.45, 7) is 0. The second-order valence-corrected chi connectivity index (χ2v) is 19.2. The van der Waals surface area contributed by atoms with E-state index in [1.54, 1.807) is 0 Å². The summed E-state index contributed by atoms with van der Waals surface area (Å²) in [6.07, 6.45) is 5.71. The number of ether oxygens (including phenoxy) is 1. The maximum atomic E-state index is 6.56. The molecule has 1 aliphatic rings. The van der Waals surface area contributed by atoms with Crippen molar-refractivity contribution in [2.24, 2.45) is 0 Å². The van der Waals surface area contributed by atoms with Gasteiger partial charge < -0.3 is 13.7 Å². The molecule has 0 bridgehead atoms. The molecule has 5 heterocycles. The Morgan fingerprint density at radius 3 is 2.10 bits per heavy atom. The van der Waals surface area contributed by atoms with E-state index in [0.29, 0.717) is 11.5 Å². The summed E-state index contributed by atoms with van der Waals surface area (Å²) in [7, 11) is -2.74. The minimum atomic E-state index is -2.74. The second-order valence-electron chi connectivity index (χ2n) is 14.4. The zero-order valence-corrected chi connectivity index (χ0v) is 34.1. The number of pyridine rings is 2. The number of hydrogen-bond donors (Lipinski definition) is 0. The minimum Gasteiger partial charge on any atom is -0.503 e. The Bertz CT molecular complexity index is 3340. The smallest absolute Gasteiger partial charge is 0.503 e. The Morgan fingerprint density at radius 2 is 1.26 bits per heavy atom. The van der Waals surface area contributed by atoms with Crippen LogP contribution < -0.4 is 25.5 Å². The van der Waals surface area contributed by atoms with Crippen molar-refractivity contribution in [2.75, 3.05) is 0 Å². The van der Waals surface area contributed by atoms with E-state index in [4.69, 9.17) is 14.7 Å². The molecule has 11 aromatic rings. The van der Waals surface area contributed by atoms with Crippen molar-refractivity contribution in [1.82, 2.24) is 18.9 Å². The SMILES string of the molecule is [Pd+2].[c-]1c(Oc2[c-]c3c(cc2)c2ccccc2n2ccnc32)cccc1-n1c2ccc3c(c2c2cccnc21)Sc1ccccc1[Si]3(c1ccccc1)c1ccccc1. The number of para-hydroxylation sites is 1. The molecule has 276 valence electrons. The van der Waals surface area contributed by atoms with E-state index in [-0.39, 0.29) is 20.4 Å². The second kappa shape index (κ2) is 13.7. The molecule has 7 aromatic carbocycles. The number of imidazole rings is 1. The van der Waals surface area contributed by atoms with Gasteiger partial charge in [-0.2, -0.15) is 6.07 Å². The topological polar surface area (TPSA) is 44.4 Å². The number of fused-ring (bicyclic) bond motifs is 12. The zero-order chi connectivity index (χ0) is 37.5. The predicted octanol–water partition coefficient (Wildman–Crippen LogP) is 9.36. The van der Waals surface area contributed by atoms with E-state index in [9.17, 15) is 0 Å². The molecule has 5 nitrogen and oxygen atoms in total. The molecule has 8 heteroatoms. The third-order valence-electron chi connectivity index (χ3n) is 11.4. The molecule has 0 amide bonds. The summed E-state index contributed by atoms with van der Waals surface area (Å²) in [5, 5.41) is 11.0. The van der Waals surface area contributed by atoms with Crippen LogP contribution in [-0.4, -0.2) is 27.0 Å². The molecule has 58 heavy (non-hydrogen) atoms. The Hall–Kier alpha value is -6.27. The van der Waals surface area contributed by atoms with E-state index in [1.807, 2.05) is 54.6 Å². The van der Waals surface area contributed by atoms with Crippen LogP contribution in [0.2, 0.25) is 0 Å². The molecular weight excluding hydrogens is 839 g/mol. The van der Waals surface area contributed by atoms with Gasteiger partial charge in [0.1, 0.15) is 5.65 Å². The molecule has 12 rings (SSSR count). The van der Waals surface area contributed by atoms with E-state index >= 15 is 0 Å². The fourth-order valence-electron chi connectivity index (χ4n) is 9.11. The molecule has 0 aliphatic carbocycles. The van der Waals surface area contributed by atoms with E-state index in [0.717, 1.165) is 49.6 Å². The quantitative estimate of drug-likeness (QED) is 0.0984. The van der Waals surface area contributed by atoms with Gasteiger partial charge in [0, 0.05) is 56.2 Å². The normalized spacial score (nSPS) is 13.1. The first kappa shape index (κ1) is 34.9. The van der Waals surface area contributed by atoms with Crippen molar-refractivity contribution in [2.45, 2.75) is 9.79 Å². The number of rotatable bonds is 5. The van der Waals surface area contributed by atoms with Crippen LogP contribution in [0.25, 0.3) is 54.9 Å². The molecule has 0 N–H and O–H groups in total. The molecule has 0 radical (unpaired) electrons. The van der Waals surface area contributed by atoms with Gasteiger partial charge in [0.15, 0.2) is 8.07 Å². The first-order valence-electron chi connectivity index (χ1n) is 19.0. The van der Waals surface area contributed by atoms with Crippen LogP contribution in [-0.2, 0) is 20.4 Å². The maximum Gasteiger partial charge on any atom is 2.00 e. The Labute approximate surface area is 353 Å². The van der Waals surface area contributed by atoms with Gasteiger partial charge in [-0.25, -0.2) is 4.98 Å². The number of hydrogen-bond acceptors (Lipinski definition) is 4. The van der Waals surface area contributed by atoms with Gasteiger partial charge in [-0.15, -0.1) is 30.3 Å². The van der Waals surface area contributed by atoms with Crippen molar-refractivity contribution in [3.05, 3.63) is 195 Å². The summed E-state index contributed by atoms with van der Waals surface area (Å²) < 4.78 is 10.9. The Morgan fingerprint density at radius 1 is 0.534 bits per heavy atom. The number of benzene rings is 7. The van der Waals surface area contributed by atoms with Crippen LogP contribution in [0.1, 0.15) is 0 Å². The molecule has 0 fully saturated rings. The summed E-state index contributed by atoms with van der Waals surface area (Å²) in [6, 6.07) is 66.0. The van der Waals surface area contributed by atoms with Gasteiger partial charge in [-0.3, -0.25) is 4.98 Å². The summed E-state index contributed by atoms with van der Waals surface area (Å²) in [5.74, 6) is 1.19. The predicted molar refractivity (Wildman–Crippen MR) is 234 cm³/mol. The first-order valence-corrected chi connectivity index (χ1v) is 21.8. The van der Waals surface area contributed by atoms with Crippen LogP contribution in [0, 0.1) is 12.1 Å². The third kappa shape index (κ3) is 5.06. The molecular formula is C50H30N4OPdSSi. The van der Waals surface area contributed by atoms with Gasteiger partial charge in [0.2, 0.25) is 0 Å². The minimum absolute atomic E-state index is 0. The van der Waals surface area contributed by atoms with Gasteiger partial charge >= 0.3 is 20.4 Å². The number of aromatic nitrogens is 4. The van der Waals surface area contributed by atoms with Gasteiger partial charge in [0.05, 0.1) is 11.2 Å². The third-order valence-corrected chi connectivity index (χ3v) is 17.8. The average molecular weight is 869 g/mol. The standard InChI is InChI=1S/C50H30N4OSSi.Pd/c1-3-15-36(16-4-1)57(37-17-5-2-6-18-37)45-23-10-9-22-44(45)56-48-46(57)27-26-43-47(48)40-20-12-28-51-50(40)54(43)33-13-11-14-34(31-33)55-35-24-25-38-39-19-7-8-21-42(39)53-30-29-52-49(53)41(38)32-35;/h1-30H;/q-2;+2. The van der Waals surface area contributed by atoms with Crippen molar-refractivity contribution >= 4 is 89.8 Å². The molecule has 0 atom stereocenters. The van der Waals surface area contributed by atoms with Gasteiger partial charge in [0.25, 0.3) is 0 Å². The van der Waals surface area contributed by atoms with Crippen LogP contribution in [0.3, 0.4) is 0 Å². The van der Waals surface area contributed by atoms with Crippen LogP contribution in [0.5, 0.6) is 11.5 Å². The molecule has 0 unspecified atom stereocenters. The fraction of sp³-hybridized carbons (Fsp3) is 0. The first-order chi connectivity index (χ1) is 28.3. The van der Waals surface area contributed by atoms with Gasteiger partial charge in [-0.05, 0) is 56.5 Å². The van der Waals surface area contributed by atoms with E-state index in [1.165, 1.54) is 35.9 Å². The van der Waals surface area contributed by atoms with E-state index < -0.39 is 8.07 Å². The van der Waals surface area contributed by atoms with Crippen molar-refractivity contribution < 1.29 is 25.2 Å². The monoisotopic (exact) mass is 868 g/mol. The van der Waals surface area contributed by atoms with Crippen molar-refractivity contribution in [3.8, 4) is 17.2 Å². The molecule has 1 aliphatic heterocycles.